The minimum Gasteiger partial charge on any atom is -0.386 e. The van der Waals surface area contributed by atoms with Crippen LogP contribution >= 0.6 is 15.9 Å². The van der Waals surface area contributed by atoms with Crippen molar-refractivity contribution >= 4 is 21.7 Å². The molecule has 1 fully saturated rings. The van der Waals surface area contributed by atoms with E-state index >= 15 is 0 Å². The summed E-state index contributed by atoms with van der Waals surface area (Å²) in [4.78, 5) is 6.26. The van der Waals surface area contributed by atoms with Crippen molar-refractivity contribution in [2.45, 2.75) is 12.5 Å². The molecule has 0 unspecified atom stereocenters. The number of rotatable bonds is 1. The monoisotopic (exact) mass is 242 g/mol. The number of halogens is 1. The molecule has 0 aliphatic carbocycles. The highest BCUT2D eigenvalue weighted by Crippen LogP contribution is 2.26. The van der Waals surface area contributed by atoms with Gasteiger partial charge in [0.1, 0.15) is 5.82 Å². The second-order valence-electron chi connectivity index (χ2n) is 3.69. The molecule has 0 aromatic carbocycles. The Morgan fingerprint density at radius 1 is 1.62 bits per heavy atom. The minimum absolute atomic E-state index is 0.538. The first-order valence-electron chi connectivity index (χ1n) is 4.16. The molecule has 0 spiro atoms. The number of hydrogen-bond acceptors (Lipinski definition) is 3. The lowest BCUT2D eigenvalue weighted by Gasteiger charge is -2.44. The number of anilines is 1. The Balaban J connectivity index is 2.11. The maximum atomic E-state index is 9.53. The van der Waals surface area contributed by atoms with E-state index in [-0.39, 0.29) is 0 Å². The van der Waals surface area contributed by atoms with Crippen molar-refractivity contribution in [1.29, 1.82) is 0 Å². The summed E-state index contributed by atoms with van der Waals surface area (Å²) >= 11 is 3.38. The molecule has 1 aliphatic rings. The van der Waals surface area contributed by atoms with Crippen LogP contribution in [-0.4, -0.2) is 28.8 Å². The van der Waals surface area contributed by atoms with E-state index in [9.17, 15) is 5.11 Å². The van der Waals surface area contributed by atoms with Crippen LogP contribution in [0.2, 0.25) is 0 Å². The number of hydrogen-bond donors (Lipinski definition) is 1. The standard InChI is InChI=1S/C9H11BrN2O/c1-9(13)5-12(6-9)8-4-7(10)2-3-11-8/h2-4,13H,5-6H2,1H3. The molecule has 0 saturated carbocycles. The summed E-state index contributed by atoms with van der Waals surface area (Å²) in [6.07, 6.45) is 1.76. The first-order valence-corrected chi connectivity index (χ1v) is 4.95. The van der Waals surface area contributed by atoms with Gasteiger partial charge in [0.05, 0.1) is 5.60 Å². The van der Waals surface area contributed by atoms with Crippen molar-refractivity contribution in [3.8, 4) is 0 Å². The molecule has 3 nitrogen and oxygen atoms in total. The fourth-order valence-corrected chi connectivity index (χ4v) is 1.83. The predicted molar refractivity (Wildman–Crippen MR) is 54.8 cm³/mol. The van der Waals surface area contributed by atoms with E-state index in [0.717, 1.165) is 10.3 Å². The third kappa shape index (κ3) is 1.84. The lowest BCUT2D eigenvalue weighted by atomic mass is 9.97. The fraction of sp³-hybridized carbons (Fsp3) is 0.444. The highest BCUT2D eigenvalue weighted by molar-refractivity contribution is 9.10. The third-order valence-corrected chi connectivity index (χ3v) is 2.59. The number of aromatic nitrogens is 1. The highest BCUT2D eigenvalue weighted by atomic mass is 79.9. The average Bonchev–Trinajstić information content (AvgIpc) is 2.00. The zero-order valence-electron chi connectivity index (χ0n) is 7.37. The molecule has 2 rings (SSSR count). The van der Waals surface area contributed by atoms with Crippen LogP contribution in [0.4, 0.5) is 5.82 Å². The predicted octanol–water partition coefficient (Wildman–Crippen LogP) is 1.42. The van der Waals surface area contributed by atoms with Crippen LogP contribution in [0.1, 0.15) is 6.92 Å². The largest absolute Gasteiger partial charge is 0.386 e. The number of nitrogens with zero attached hydrogens (tertiary/aromatic N) is 2. The van der Waals surface area contributed by atoms with E-state index in [2.05, 4.69) is 20.9 Å². The lowest BCUT2D eigenvalue weighted by Crippen LogP contribution is -2.60. The van der Waals surface area contributed by atoms with E-state index in [1.807, 2.05) is 24.0 Å². The van der Waals surface area contributed by atoms with Gasteiger partial charge in [-0.05, 0) is 19.1 Å². The zero-order valence-corrected chi connectivity index (χ0v) is 8.95. The van der Waals surface area contributed by atoms with Crippen LogP contribution in [0.25, 0.3) is 0 Å². The summed E-state index contributed by atoms with van der Waals surface area (Å²) in [7, 11) is 0. The van der Waals surface area contributed by atoms with Crippen LogP contribution in [0.5, 0.6) is 0 Å². The van der Waals surface area contributed by atoms with Gasteiger partial charge in [-0.1, -0.05) is 15.9 Å². The van der Waals surface area contributed by atoms with Gasteiger partial charge in [0, 0.05) is 23.8 Å². The topological polar surface area (TPSA) is 36.4 Å². The van der Waals surface area contributed by atoms with Crippen LogP contribution in [0, 0.1) is 0 Å². The minimum atomic E-state index is -0.538. The lowest BCUT2D eigenvalue weighted by molar-refractivity contribution is 0.0305. The van der Waals surface area contributed by atoms with Gasteiger partial charge in [0.25, 0.3) is 0 Å². The molecule has 1 aliphatic heterocycles. The SMILES string of the molecule is CC1(O)CN(c2cc(Br)ccn2)C1. The van der Waals surface area contributed by atoms with Gasteiger partial charge in [-0.25, -0.2) is 4.98 Å². The van der Waals surface area contributed by atoms with Crippen LogP contribution in [0.15, 0.2) is 22.8 Å². The summed E-state index contributed by atoms with van der Waals surface area (Å²) in [6, 6.07) is 3.84. The molecular formula is C9H11BrN2O. The summed E-state index contributed by atoms with van der Waals surface area (Å²) in [5, 5.41) is 9.53. The third-order valence-electron chi connectivity index (χ3n) is 2.09. The van der Waals surface area contributed by atoms with Gasteiger partial charge >= 0.3 is 0 Å². The molecule has 0 bridgehead atoms. The van der Waals surface area contributed by atoms with Crippen molar-refractivity contribution in [2.75, 3.05) is 18.0 Å². The molecule has 1 aromatic rings. The Labute approximate surface area is 85.5 Å². The molecule has 0 atom stereocenters. The normalized spacial score (nSPS) is 19.8. The maximum absolute atomic E-state index is 9.53. The van der Waals surface area contributed by atoms with E-state index in [0.29, 0.717) is 13.1 Å². The van der Waals surface area contributed by atoms with Gasteiger partial charge < -0.3 is 10.0 Å². The second kappa shape index (κ2) is 2.96. The molecule has 1 saturated heterocycles. The fourth-order valence-electron chi connectivity index (χ4n) is 1.50. The number of β-amino-alcohol motifs (C(OH)–C–C–N with tert-alkyl or cyclic N) is 1. The van der Waals surface area contributed by atoms with Crippen LogP contribution < -0.4 is 4.90 Å². The first-order chi connectivity index (χ1) is 6.07. The highest BCUT2D eigenvalue weighted by Gasteiger charge is 2.37. The molecule has 2 heterocycles. The molecule has 4 heteroatoms. The van der Waals surface area contributed by atoms with E-state index in [4.69, 9.17) is 0 Å². The molecule has 1 aromatic heterocycles. The smallest absolute Gasteiger partial charge is 0.129 e. The Morgan fingerprint density at radius 3 is 2.85 bits per heavy atom. The Hall–Kier alpha value is -0.610. The first kappa shape index (κ1) is 8.97. The molecule has 70 valence electrons. The van der Waals surface area contributed by atoms with Gasteiger partial charge in [0.15, 0.2) is 0 Å². The summed E-state index contributed by atoms with van der Waals surface area (Å²) in [6.45, 7) is 3.16. The summed E-state index contributed by atoms with van der Waals surface area (Å²) < 4.78 is 1.02. The quantitative estimate of drug-likeness (QED) is 0.810. The van der Waals surface area contributed by atoms with Gasteiger partial charge in [-0.3, -0.25) is 0 Å². The number of pyridine rings is 1. The maximum Gasteiger partial charge on any atom is 0.129 e. The van der Waals surface area contributed by atoms with E-state index in [1.165, 1.54) is 0 Å². The van der Waals surface area contributed by atoms with Gasteiger partial charge in [-0.2, -0.15) is 0 Å². The zero-order chi connectivity index (χ0) is 9.47. The Morgan fingerprint density at radius 2 is 2.31 bits per heavy atom. The summed E-state index contributed by atoms with van der Waals surface area (Å²) in [5.74, 6) is 0.918. The van der Waals surface area contributed by atoms with Crippen LogP contribution in [0.3, 0.4) is 0 Å². The molecular weight excluding hydrogens is 232 g/mol. The molecule has 0 radical (unpaired) electrons. The molecule has 13 heavy (non-hydrogen) atoms. The number of aliphatic hydroxyl groups is 1. The second-order valence-corrected chi connectivity index (χ2v) is 4.60. The average molecular weight is 243 g/mol. The molecule has 0 amide bonds. The van der Waals surface area contributed by atoms with E-state index in [1.54, 1.807) is 6.20 Å². The van der Waals surface area contributed by atoms with Gasteiger partial charge in [0.2, 0.25) is 0 Å². The van der Waals surface area contributed by atoms with Crippen molar-refractivity contribution in [2.24, 2.45) is 0 Å². The van der Waals surface area contributed by atoms with Crippen molar-refractivity contribution < 1.29 is 5.11 Å². The molecule has 1 N–H and O–H groups in total. The Kier molecular flexibility index (Phi) is 2.04. The van der Waals surface area contributed by atoms with Gasteiger partial charge in [-0.15, -0.1) is 0 Å². The summed E-state index contributed by atoms with van der Waals surface area (Å²) in [5.41, 5.74) is -0.538. The van der Waals surface area contributed by atoms with Crippen molar-refractivity contribution in [1.82, 2.24) is 4.98 Å². The van der Waals surface area contributed by atoms with E-state index < -0.39 is 5.60 Å². The van der Waals surface area contributed by atoms with Crippen molar-refractivity contribution in [3.63, 3.8) is 0 Å². The van der Waals surface area contributed by atoms with Crippen LogP contribution in [-0.2, 0) is 0 Å². The Bertz CT molecular complexity index is 319. The van der Waals surface area contributed by atoms with Crippen molar-refractivity contribution in [3.05, 3.63) is 22.8 Å².